The van der Waals surface area contributed by atoms with Gasteiger partial charge in [-0.15, -0.1) is 0 Å². The number of benzene rings is 1. The van der Waals surface area contributed by atoms with E-state index in [1.54, 1.807) is 24.5 Å². The van der Waals surface area contributed by atoms with Gasteiger partial charge in [0.1, 0.15) is 5.82 Å². The molecule has 2 heterocycles. The SMILES string of the molecule is Fc1ccc[c]c1-c1cc(F)c2nccn2c1. The van der Waals surface area contributed by atoms with Gasteiger partial charge in [-0.1, -0.05) is 12.1 Å². The number of fused-ring (bicyclic) bond motifs is 1. The van der Waals surface area contributed by atoms with E-state index in [9.17, 15) is 8.78 Å². The van der Waals surface area contributed by atoms with Crippen molar-refractivity contribution in [1.82, 2.24) is 9.38 Å². The second-order valence-electron chi connectivity index (χ2n) is 3.63. The Hall–Kier alpha value is -2.23. The van der Waals surface area contributed by atoms with Gasteiger partial charge in [-0.05, 0) is 18.2 Å². The van der Waals surface area contributed by atoms with Crippen LogP contribution in [-0.2, 0) is 0 Å². The molecular formula is C13H7F2N2. The summed E-state index contributed by atoms with van der Waals surface area (Å²) in [5.41, 5.74) is 0.915. The maximum atomic E-state index is 13.7. The third-order valence-electron chi connectivity index (χ3n) is 2.54. The molecule has 0 aliphatic rings. The highest BCUT2D eigenvalue weighted by atomic mass is 19.1. The average Bonchev–Trinajstić information content (AvgIpc) is 2.78. The molecule has 4 heteroatoms. The summed E-state index contributed by atoms with van der Waals surface area (Å²) in [6, 6.07) is 8.48. The van der Waals surface area contributed by atoms with Crippen LogP contribution in [0.2, 0.25) is 0 Å². The predicted octanol–water partition coefficient (Wildman–Crippen LogP) is 3.08. The van der Waals surface area contributed by atoms with Crippen LogP contribution in [0.4, 0.5) is 8.78 Å². The Morgan fingerprint density at radius 3 is 2.94 bits per heavy atom. The zero-order valence-corrected chi connectivity index (χ0v) is 8.69. The fourth-order valence-corrected chi connectivity index (χ4v) is 1.76. The Kier molecular flexibility index (Phi) is 2.14. The molecule has 83 valence electrons. The maximum Gasteiger partial charge on any atom is 0.173 e. The molecule has 0 aliphatic heterocycles. The first kappa shape index (κ1) is 9.96. The van der Waals surface area contributed by atoms with E-state index in [2.05, 4.69) is 11.1 Å². The number of nitrogens with zero attached hydrogens (tertiary/aromatic N) is 2. The van der Waals surface area contributed by atoms with E-state index >= 15 is 0 Å². The van der Waals surface area contributed by atoms with E-state index in [-0.39, 0.29) is 11.2 Å². The lowest BCUT2D eigenvalue weighted by molar-refractivity contribution is 0.625. The van der Waals surface area contributed by atoms with Crippen LogP contribution in [0, 0.1) is 17.7 Å². The minimum absolute atomic E-state index is 0.227. The lowest BCUT2D eigenvalue weighted by Crippen LogP contribution is -1.92. The summed E-state index contributed by atoms with van der Waals surface area (Å²) in [6.07, 6.45) is 4.73. The summed E-state index contributed by atoms with van der Waals surface area (Å²) in [4.78, 5) is 3.86. The number of aromatic nitrogens is 2. The smallest absolute Gasteiger partial charge is 0.173 e. The average molecular weight is 229 g/mol. The fraction of sp³-hybridized carbons (Fsp3) is 0. The van der Waals surface area contributed by atoms with Crippen LogP contribution in [0.15, 0.2) is 42.9 Å². The number of hydrogen-bond acceptors (Lipinski definition) is 1. The summed E-state index contributed by atoms with van der Waals surface area (Å²) in [5, 5.41) is 0. The summed E-state index contributed by atoms with van der Waals surface area (Å²) < 4.78 is 28.8. The Labute approximate surface area is 96.2 Å². The summed E-state index contributed by atoms with van der Waals surface area (Å²) in [6.45, 7) is 0. The molecule has 0 unspecified atom stereocenters. The lowest BCUT2D eigenvalue weighted by Gasteiger charge is -2.04. The van der Waals surface area contributed by atoms with Crippen LogP contribution in [0.5, 0.6) is 0 Å². The Morgan fingerprint density at radius 2 is 2.12 bits per heavy atom. The van der Waals surface area contributed by atoms with Gasteiger partial charge in [-0.2, -0.15) is 0 Å². The number of hydrogen-bond donors (Lipinski definition) is 0. The molecule has 1 radical (unpaired) electrons. The van der Waals surface area contributed by atoms with Crippen LogP contribution in [0.3, 0.4) is 0 Å². The van der Waals surface area contributed by atoms with E-state index in [0.29, 0.717) is 5.56 Å². The topological polar surface area (TPSA) is 17.3 Å². The van der Waals surface area contributed by atoms with E-state index in [1.165, 1.54) is 22.7 Å². The maximum absolute atomic E-state index is 13.7. The van der Waals surface area contributed by atoms with Gasteiger partial charge in [0.2, 0.25) is 0 Å². The minimum atomic E-state index is -0.482. The summed E-state index contributed by atoms with van der Waals surface area (Å²) >= 11 is 0. The predicted molar refractivity (Wildman–Crippen MR) is 59.4 cm³/mol. The molecule has 3 aromatic rings. The number of rotatable bonds is 1. The van der Waals surface area contributed by atoms with Gasteiger partial charge in [0, 0.05) is 29.7 Å². The van der Waals surface area contributed by atoms with Gasteiger partial charge >= 0.3 is 0 Å². The zero-order valence-electron chi connectivity index (χ0n) is 8.69. The third-order valence-corrected chi connectivity index (χ3v) is 2.54. The van der Waals surface area contributed by atoms with Crippen LogP contribution in [-0.4, -0.2) is 9.38 Å². The van der Waals surface area contributed by atoms with Crippen LogP contribution in [0.1, 0.15) is 0 Å². The largest absolute Gasteiger partial charge is 0.304 e. The van der Waals surface area contributed by atoms with E-state index in [4.69, 9.17) is 0 Å². The molecule has 0 bridgehead atoms. The number of imidazole rings is 1. The van der Waals surface area contributed by atoms with Crippen LogP contribution >= 0.6 is 0 Å². The number of halogens is 2. The minimum Gasteiger partial charge on any atom is -0.304 e. The molecule has 0 amide bonds. The summed E-state index contributed by atoms with van der Waals surface area (Å²) in [7, 11) is 0. The molecule has 17 heavy (non-hydrogen) atoms. The second kappa shape index (κ2) is 3.66. The van der Waals surface area contributed by atoms with Gasteiger partial charge in [-0.3, -0.25) is 0 Å². The summed E-state index contributed by atoms with van der Waals surface area (Å²) in [5.74, 6) is -0.907. The molecule has 3 rings (SSSR count). The van der Waals surface area contributed by atoms with Gasteiger partial charge < -0.3 is 4.40 Å². The monoisotopic (exact) mass is 229 g/mol. The quantitative estimate of drug-likeness (QED) is 0.626. The van der Waals surface area contributed by atoms with Gasteiger partial charge in [0.05, 0.1) is 0 Å². The highest BCUT2D eigenvalue weighted by Gasteiger charge is 2.09. The van der Waals surface area contributed by atoms with Crippen molar-refractivity contribution < 1.29 is 8.78 Å². The molecule has 0 saturated heterocycles. The third kappa shape index (κ3) is 1.58. The van der Waals surface area contributed by atoms with E-state index in [1.807, 2.05) is 0 Å². The Morgan fingerprint density at radius 1 is 1.24 bits per heavy atom. The molecular weight excluding hydrogens is 222 g/mol. The second-order valence-corrected chi connectivity index (χ2v) is 3.63. The first-order valence-corrected chi connectivity index (χ1v) is 5.04. The van der Waals surface area contributed by atoms with Crippen molar-refractivity contribution in [3.05, 3.63) is 60.6 Å². The molecule has 0 spiro atoms. The van der Waals surface area contributed by atoms with Crippen LogP contribution in [0.25, 0.3) is 16.8 Å². The van der Waals surface area contributed by atoms with E-state index < -0.39 is 11.6 Å². The van der Waals surface area contributed by atoms with Crippen molar-refractivity contribution in [3.8, 4) is 11.1 Å². The molecule has 0 aliphatic carbocycles. The highest BCUT2D eigenvalue weighted by molar-refractivity contribution is 5.65. The van der Waals surface area contributed by atoms with Crippen molar-refractivity contribution in [2.75, 3.05) is 0 Å². The Bertz CT molecular complexity index is 689. The zero-order chi connectivity index (χ0) is 11.8. The Balaban J connectivity index is 2.28. The van der Waals surface area contributed by atoms with Crippen molar-refractivity contribution >= 4 is 5.65 Å². The van der Waals surface area contributed by atoms with Crippen molar-refractivity contribution in [2.24, 2.45) is 0 Å². The molecule has 0 fully saturated rings. The van der Waals surface area contributed by atoms with Gasteiger partial charge in [0.15, 0.2) is 11.5 Å². The molecule has 0 N–H and O–H groups in total. The molecule has 2 nitrogen and oxygen atoms in total. The molecule has 1 aromatic carbocycles. The normalized spacial score (nSPS) is 10.9. The fourth-order valence-electron chi connectivity index (χ4n) is 1.76. The van der Waals surface area contributed by atoms with Gasteiger partial charge in [0.25, 0.3) is 0 Å². The standard InChI is InChI=1S/C13H7F2N2/c14-11-4-2-1-3-10(11)9-7-12(15)13-16-5-6-17(13)8-9/h1-2,4-8H. The number of pyridine rings is 1. The lowest BCUT2D eigenvalue weighted by atomic mass is 10.1. The van der Waals surface area contributed by atoms with Crippen molar-refractivity contribution in [3.63, 3.8) is 0 Å². The highest BCUT2D eigenvalue weighted by Crippen LogP contribution is 2.23. The van der Waals surface area contributed by atoms with Gasteiger partial charge in [-0.25, -0.2) is 13.8 Å². The molecule has 0 saturated carbocycles. The van der Waals surface area contributed by atoms with Crippen LogP contribution < -0.4 is 0 Å². The molecule has 0 atom stereocenters. The molecule has 2 aromatic heterocycles. The van der Waals surface area contributed by atoms with E-state index in [0.717, 1.165) is 0 Å². The first-order chi connectivity index (χ1) is 8.25. The van der Waals surface area contributed by atoms with Crippen molar-refractivity contribution in [2.45, 2.75) is 0 Å². The first-order valence-electron chi connectivity index (χ1n) is 5.04. The van der Waals surface area contributed by atoms with Crippen molar-refractivity contribution in [1.29, 1.82) is 0 Å².